The molecule has 116 valence electrons. The number of rotatable bonds is 5. The molecule has 0 saturated heterocycles. The van der Waals surface area contributed by atoms with Gasteiger partial charge in [0, 0.05) is 11.1 Å². The Morgan fingerprint density at radius 1 is 0.955 bits per heavy atom. The molecule has 3 rings (SSSR count). The minimum atomic E-state index is 0. The molecule has 0 unspecified atom stereocenters. The van der Waals surface area contributed by atoms with Gasteiger partial charge in [0.25, 0.3) is 0 Å². The van der Waals surface area contributed by atoms with E-state index in [1.807, 2.05) is 10.6 Å². The first kappa shape index (κ1) is 16.4. The van der Waals surface area contributed by atoms with Gasteiger partial charge in [-0.3, -0.25) is 0 Å². The van der Waals surface area contributed by atoms with Crippen LogP contribution in [0.5, 0.6) is 0 Å². The van der Waals surface area contributed by atoms with E-state index < -0.39 is 0 Å². The molecule has 4 nitrogen and oxygen atoms in total. The Balaban J connectivity index is 0.00000176. The Bertz CT molecular complexity index is 737. The average Bonchev–Trinajstić information content (AvgIpc) is 2.98. The van der Waals surface area contributed by atoms with Crippen LogP contribution in [0, 0.1) is 0 Å². The number of hydrogen-bond acceptors (Lipinski definition) is 3. The zero-order chi connectivity index (χ0) is 14.7. The van der Waals surface area contributed by atoms with Gasteiger partial charge < -0.3 is 0 Å². The summed E-state index contributed by atoms with van der Waals surface area (Å²) in [5.74, 6) is 0. The Hall–Kier alpha value is -1.94. The van der Waals surface area contributed by atoms with E-state index in [0.717, 1.165) is 42.6 Å². The van der Waals surface area contributed by atoms with Gasteiger partial charge in [-0.25, -0.2) is 0 Å². The maximum Gasteiger partial charge on any atom is 0.181 e. The van der Waals surface area contributed by atoms with Crippen LogP contribution >= 0.6 is 12.4 Å². The minimum Gasteiger partial charge on any atom is -0.200 e. The average molecular weight is 317 g/mol. The second kappa shape index (κ2) is 7.36. The first-order valence-electron chi connectivity index (χ1n) is 7.62. The summed E-state index contributed by atoms with van der Waals surface area (Å²) < 4.78 is 1.81. The quantitative estimate of drug-likeness (QED) is 0.711. The molecular formula is C17H21ClN4. The lowest BCUT2D eigenvalue weighted by molar-refractivity contribution is 0.824. The number of nitrogens with zero attached hydrogens (tertiary/aromatic N) is 4. The molecule has 0 N–H and O–H groups in total. The van der Waals surface area contributed by atoms with Crippen molar-refractivity contribution in [1.29, 1.82) is 0 Å². The highest BCUT2D eigenvalue weighted by molar-refractivity contribution is 5.85. The van der Waals surface area contributed by atoms with E-state index in [-0.39, 0.29) is 12.4 Å². The number of aromatic nitrogens is 4. The van der Waals surface area contributed by atoms with E-state index in [2.05, 4.69) is 48.3 Å². The summed E-state index contributed by atoms with van der Waals surface area (Å²) in [6.07, 6.45) is 5.92. The van der Waals surface area contributed by atoms with Crippen LogP contribution < -0.4 is 0 Å². The summed E-state index contributed by atoms with van der Waals surface area (Å²) in [4.78, 5) is 0. The lowest BCUT2D eigenvalue weighted by Gasteiger charge is -2.14. The Kier molecular flexibility index (Phi) is 5.50. The number of halogens is 1. The van der Waals surface area contributed by atoms with Gasteiger partial charge in [-0.05, 0) is 18.4 Å². The predicted molar refractivity (Wildman–Crippen MR) is 91.5 cm³/mol. The maximum atomic E-state index is 4.76. The van der Waals surface area contributed by atoms with Crippen LogP contribution in [0.1, 0.15) is 37.8 Å². The third kappa shape index (κ3) is 2.97. The Morgan fingerprint density at radius 2 is 1.64 bits per heavy atom. The van der Waals surface area contributed by atoms with E-state index in [4.69, 9.17) is 5.10 Å². The third-order valence-corrected chi connectivity index (χ3v) is 3.71. The van der Waals surface area contributed by atoms with Gasteiger partial charge in [0.15, 0.2) is 5.65 Å². The van der Waals surface area contributed by atoms with Crippen molar-refractivity contribution in [1.82, 2.24) is 19.8 Å². The molecule has 1 aromatic carbocycles. The van der Waals surface area contributed by atoms with Crippen molar-refractivity contribution in [3.63, 3.8) is 0 Å². The van der Waals surface area contributed by atoms with E-state index in [9.17, 15) is 0 Å². The Labute approximate surface area is 137 Å². The summed E-state index contributed by atoms with van der Waals surface area (Å²) in [6.45, 7) is 4.41. The first-order chi connectivity index (χ1) is 10.3. The molecule has 5 heteroatoms. The number of hydrogen-bond donors (Lipinski definition) is 0. The lowest BCUT2D eigenvalue weighted by Crippen LogP contribution is -2.06. The van der Waals surface area contributed by atoms with Gasteiger partial charge in [0.2, 0.25) is 0 Å². The molecule has 0 spiro atoms. The molecule has 0 aliphatic heterocycles. The summed E-state index contributed by atoms with van der Waals surface area (Å²) in [5.41, 5.74) is 5.75. The number of benzene rings is 1. The normalized spacial score (nSPS) is 10.6. The molecule has 0 bridgehead atoms. The van der Waals surface area contributed by atoms with Gasteiger partial charge in [-0.2, -0.15) is 9.61 Å². The van der Waals surface area contributed by atoms with E-state index >= 15 is 0 Å². The second-order valence-electron chi connectivity index (χ2n) is 5.27. The Morgan fingerprint density at radius 3 is 2.32 bits per heavy atom. The molecular weight excluding hydrogens is 296 g/mol. The second-order valence-corrected chi connectivity index (χ2v) is 5.27. The molecule has 0 radical (unpaired) electrons. The molecule has 0 aliphatic carbocycles. The van der Waals surface area contributed by atoms with Crippen LogP contribution in [0.2, 0.25) is 0 Å². The first-order valence-corrected chi connectivity index (χ1v) is 7.62. The molecule has 0 fully saturated rings. The monoisotopic (exact) mass is 316 g/mol. The highest BCUT2D eigenvalue weighted by Gasteiger charge is 2.16. The fourth-order valence-corrected chi connectivity index (χ4v) is 2.81. The van der Waals surface area contributed by atoms with Crippen LogP contribution in [0.15, 0.2) is 36.7 Å². The van der Waals surface area contributed by atoms with Crippen molar-refractivity contribution in [2.75, 3.05) is 0 Å². The van der Waals surface area contributed by atoms with Gasteiger partial charge in [-0.15, -0.1) is 22.6 Å². The molecule has 0 atom stereocenters. The largest absolute Gasteiger partial charge is 0.200 e. The van der Waals surface area contributed by atoms with Crippen LogP contribution in [-0.2, 0) is 12.8 Å². The van der Waals surface area contributed by atoms with Gasteiger partial charge >= 0.3 is 0 Å². The number of fused-ring (bicyclic) bond motifs is 1. The zero-order valence-electron chi connectivity index (χ0n) is 13.0. The molecule has 3 aromatic rings. The third-order valence-electron chi connectivity index (χ3n) is 3.71. The smallest absolute Gasteiger partial charge is 0.181 e. The maximum absolute atomic E-state index is 4.76. The highest BCUT2D eigenvalue weighted by Crippen LogP contribution is 2.28. The summed E-state index contributed by atoms with van der Waals surface area (Å²) >= 11 is 0. The minimum absolute atomic E-state index is 0. The molecule has 2 heterocycles. The van der Waals surface area contributed by atoms with Crippen molar-refractivity contribution >= 4 is 18.1 Å². The van der Waals surface area contributed by atoms with Crippen molar-refractivity contribution in [3.05, 3.63) is 47.8 Å². The van der Waals surface area contributed by atoms with Gasteiger partial charge in [-0.1, -0.05) is 57.0 Å². The fraction of sp³-hybridized carbons (Fsp3) is 0.353. The summed E-state index contributed by atoms with van der Waals surface area (Å²) in [5, 5.41) is 13.1. The van der Waals surface area contributed by atoms with Crippen LogP contribution in [-0.4, -0.2) is 19.8 Å². The topological polar surface area (TPSA) is 43.1 Å². The van der Waals surface area contributed by atoms with Crippen molar-refractivity contribution in [2.45, 2.75) is 39.5 Å². The molecule has 0 amide bonds. The summed E-state index contributed by atoms with van der Waals surface area (Å²) in [7, 11) is 0. The molecule has 0 aliphatic rings. The van der Waals surface area contributed by atoms with Crippen molar-refractivity contribution < 1.29 is 0 Å². The van der Waals surface area contributed by atoms with E-state index in [0.29, 0.717) is 0 Å². The van der Waals surface area contributed by atoms with Crippen LogP contribution in [0.25, 0.3) is 16.9 Å². The summed E-state index contributed by atoms with van der Waals surface area (Å²) in [6, 6.07) is 10.4. The van der Waals surface area contributed by atoms with E-state index in [1.165, 1.54) is 11.1 Å². The predicted octanol–water partition coefficient (Wildman–Crippen LogP) is 4.12. The molecule has 22 heavy (non-hydrogen) atoms. The molecule has 0 saturated carbocycles. The molecule has 2 aromatic heterocycles. The number of aryl methyl sites for hydroxylation is 1. The van der Waals surface area contributed by atoms with Gasteiger partial charge in [0.05, 0.1) is 5.69 Å². The van der Waals surface area contributed by atoms with Crippen molar-refractivity contribution in [3.8, 4) is 11.3 Å². The van der Waals surface area contributed by atoms with Crippen molar-refractivity contribution in [2.24, 2.45) is 0 Å². The SMILES string of the molecule is CCCc1c(-c2ccccc2)nn2cnnc2c1CCC.Cl. The van der Waals surface area contributed by atoms with E-state index in [1.54, 1.807) is 6.33 Å². The van der Waals surface area contributed by atoms with Gasteiger partial charge in [0.1, 0.15) is 6.33 Å². The highest BCUT2D eigenvalue weighted by atomic mass is 35.5. The lowest BCUT2D eigenvalue weighted by atomic mass is 9.96. The zero-order valence-corrected chi connectivity index (χ0v) is 13.8. The van der Waals surface area contributed by atoms with Crippen LogP contribution in [0.3, 0.4) is 0 Å². The van der Waals surface area contributed by atoms with Crippen LogP contribution in [0.4, 0.5) is 0 Å². The fourth-order valence-electron chi connectivity index (χ4n) is 2.81. The standard InChI is InChI=1S/C17H20N4.ClH/c1-3-8-14-15(9-4-2)17-19-18-12-21(17)20-16(14)13-10-6-5-7-11-13;/h5-7,10-12H,3-4,8-9H2,1-2H3;1H.